The van der Waals surface area contributed by atoms with Gasteiger partial charge in [0.05, 0.1) is 23.3 Å². The highest BCUT2D eigenvalue weighted by Gasteiger charge is 2.14. The quantitative estimate of drug-likeness (QED) is 0.203. The summed E-state index contributed by atoms with van der Waals surface area (Å²) < 4.78 is 36.4. The van der Waals surface area contributed by atoms with Crippen LogP contribution in [0.1, 0.15) is 28.4 Å². The molecule has 0 saturated carbocycles. The van der Waals surface area contributed by atoms with Crippen LogP contribution in [0.15, 0.2) is 81.2 Å². The van der Waals surface area contributed by atoms with Crippen molar-refractivity contribution in [3.63, 3.8) is 0 Å². The Bertz CT molecular complexity index is 1220. The van der Waals surface area contributed by atoms with Gasteiger partial charge in [0.25, 0.3) is 10.0 Å². The van der Waals surface area contributed by atoms with Crippen LogP contribution in [0.2, 0.25) is 0 Å². The van der Waals surface area contributed by atoms with E-state index in [9.17, 15) is 13.2 Å². The van der Waals surface area contributed by atoms with E-state index in [-0.39, 0.29) is 10.6 Å². The van der Waals surface area contributed by atoms with Crippen LogP contribution in [0.3, 0.4) is 0 Å². The highest BCUT2D eigenvalue weighted by molar-refractivity contribution is 9.10. The predicted molar refractivity (Wildman–Crippen MR) is 126 cm³/mol. The minimum atomic E-state index is -3.82. The summed E-state index contributed by atoms with van der Waals surface area (Å²) in [7, 11) is -3.82. The van der Waals surface area contributed by atoms with Gasteiger partial charge in [-0.25, -0.2) is 9.63 Å². The van der Waals surface area contributed by atoms with E-state index in [0.29, 0.717) is 28.0 Å². The average Bonchev–Trinajstić information content (AvgIpc) is 2.76. The van der Waals surface area contributed by atoms with E-state index >= 15 is 0 Å². The van der Waals surface area contributed by atoms with Crippen LogP contribution in [0.4, 0.5) is 0 Å². The summed E-state index contributed by atoms with van der Waals surface area (Å²) in [6, 6.07) is 17.9. The molecule has 3 aromatic carbocycles. The second-order valence-corrected chi connectivity index (χ2v) is 9.27. The molecular formula is C23H21BrN2O5S. The zero-order chi connectivity index (χ0) is 23.1. The number of carbonyl (C=O) groups is 1. The van der Waals surface area contributed by atoms with Gasteiger partial charge in [-0.15, -0.1) is 0 Å². The van der Waals surface area contributed by atoms with Crippen molar-refractivity contribution < 1.29 is 22.7 Å². The summed E-state index contributed by atoms with van der Waals surface area (Å²) in [5, 5.41) is 3.83. The van der Waals surface area contributed by atoms with Gasteiger partial charge in [-0.05, 0) is 68.4 Å². The molecular weight excluding hydrogens is 496 g/mol. The largest absolute Gasteiger partial charge is 0.494 e. The monoisotopic (exact) mass is 516 g/mol. The molecule has 0 radical (unpaired) electrons. The van der Waals surface area contributed by atoms with Crippen LogP contribution >= 0.6 is 15.9 Å². The van der Waals surface area contributed by atoms with Gasteiger partial charge in [-0.1, -0.05) is 33.6 Å². The third-order valence-corrected chi connectivity index (χ3v) is 6.02. The number of nitrogens with one attached hydrogen (secondary N) is 1. The molecule has 7 nitrogen and oxygen atoms in total. The number of hydrazone groups is 1. The Labute approximate surface area is 195 Å². The molecule has 32 heavy (non-hydrogen) atoms. The molecule has 0 amide bonds. The SMILES string of the molecule is CCOc1ccc(C(=O)Oc2ccc(Br)cc2C=NNS(=O)(=O)c2ccc(C)cc2)cc1. The summed E-state index contributed by atoms with van der Waals surface area (Å²) in [6.45, 7) is 4.27. The van der Waals surface area contributed by atoms with Crippen molar-refractivity contribution in [2.75, 3.05) is 6.61 Å². The standard InChI is InChI=1S/C23H21BrN2O5S/c1-3-30-20-9-6-17(7-10-20)23(27)31-22-13-8-19(24)14-18(22)15-25-26-32(28,29)21-11-4-16(2)5-12-21/h4-15,26H,3H2,1-2H3. The van der Waals surface area contributed by atoms with Gasteiger partial charge in [-0.3, -0.25) is 0 Å². The Morgan fingerprint density at radius 2 is 1.75 bits per heavy atom. The average molecular weight is 517 g/mol. The van der Waals surface area contributed by atoms with Gasteiger partial charge in [0.1, 0.15) is 11.5 Å². The molecule has 166 valence electrons. The Balaban J connectivity index is 1.75. The van der Waals surface area contributed by atoms with Crippen molar-refractivity contribution in [3.8, 4) is 11.5 Å². The number of hydrogen-bond acceptors (Lipinski definition) is 6. The van der Waals surface area contributed by atoms with E-state index in [1.54, 1.807) is 54.6 Å². The summed E-state index contributed by atoms with van der Waals surface area (Å²) >= 11 is 3.35. The molecule has 0 unspecified atom stereocenters. The molecule has 0 aliphatic rings. The number of halogens is 1. The number of hydrogen-bond donors (Lipinski definition) is 1. The van der Waals surface area contributed by atoms with Gasteiger partial charge >= 0.3 is 5.97 Å². The van der Waals surface area contributed by atoms with Crippen LogP contribution in [-0.4, -0.2) is 27.2 Å². The second-order valence-electron chi connectivity index (χ2n) is 6.70. The molecule has 0 heterocycles. The topological polar surface area (TPSA) is 94.1 Å². The van der Waals surface area contributed by atoms with E-state index in [1.165, 1.54) is 18.3 Å². The minimum Gasteiger partial charge on any atom is -0.494 e. The Morgan fingerprint density at radius 1 is 1.06 bits per heavy atom. The fraction of sp³-hybridized carbons (Fsp3) is 0.130. The van der Waals surface area contributed by atoms with Crippen LogP contribution in [0.5, 0.6) is 11.5 Å². The molecule has 0 fully saturated rings. The van der Waals surface area contributed by atoms with Crippen molar-refractivity contribution in [2.24, 2.45) is 5.10 Å². The molecule has 0 aliphatic carbocycles. The fourth-order valence-electron chi connectivity index (χ4n) is 2.66. The van der Waals surface area contributed by atoms with E-state index in [2.05, 4.69) is 25.9 Å². The first-order valence-corrected chi connectivity index (χ1v) is 11.9. The maximum Gasteiger partial charge on any atom is 0.343 e. The first kappa shape index (κ1) is 23.5. The van der Waals surface area contributed by atoms with E-state index in [1.807, 2.05) is 13.8 Å². The molecule has 0 aromatic heterocycles. The van der Waals surface area contributed by atoms with E-state index in [4.69, 9.17) is 9.47 Å². The van der Waals surface area contributed by atoms with Crippen molar-refractivity contribution in [1.82, 2.24) is 4.83 Å². The highest BCUT2D eigenvalue weighted by atomic mass is 79.9. The summed E-state index contributed by atoms with van der Waals surface area (Å²) in [5.74, 6) is 0.317. The van der Waals surface area contributed by atoms with Crippen LogP contribution in [0.25, 0.3) is 0 Å². The van der Waals surface area contributed by atoms with Gasteiger partial charge < -0.3 is 9.47 Å². The number of sulfonamides is 1. The fourth-order valence-corrected chi connectivity index (χ4v) is 3.83. The Kier molecular flexibility index (Phi) is 7.66. The highest BCUT2D eigenvalue weighted by Crippen LogP contribution is 2.23. The number of carbonyl (C=O) groups excluding carboxylic acids is 1. The summed E-state index contributed by atoms with van der Waals surface area (Å²) in [6.07, 6.45) is 1.28. The molecule has 0 bridgehead atoms. The summed E-state index contributed by atoms with van der Waals surface area (Å²) in [4.78, 5) is 14.8. The van der Waals surface area contributed by atoms with Crippen LogP contribution < -0.4 is 14.3 Å². The maximum absolute atomic E-state index is 12.5. The van der Waals surface area contributed by atoms with Crippen LogP contribution in [-0.2, 0) is 10.0 Å². The van der Waals surface area contributed by atoms with E-state index in [0.717, 1.165) is 5.56 Å². The minimum absolute atomic E-state index is 0.0941. The Hall–Kier alpha value is -3.17. The smallest absolute Gasteiger partial charge is 0.343 e. The zero-order valence-corrected chi connectivity index (χ0v) is 19.8. The first-order chi connectivity index (χ1) is 15.3. The molecule has 1 N–H and O–H groups in total. The number of rotatable bonds is 8. The molecule has 9 heteroatoms. The lowest BCUT2D eigenvalue weighted by Gasteiger charge is -2.09. The molecule has 0 atom stereocenters. The normalized spacial score (nSPS) is 11.3. The van der Waals surface area contributed by atoms with Gasteiger partial charge in [0, 0.05) is 10.0 Å². The second kappa shape index (κ2) is 10.4. The van der Waals surface area contributed by atoms with Crippen molar-refractivity contribution in [3.05, 3.63) is 87.9 Å². The lowest BCUT2D eigenvalue weighted by molar-refractivity contribution is 0.0734. The zero-order valence-electron chi connectivity index (χ0n) is 17.4. The molecule has 0 spiro atoms. The van der Waals surface area contributed by atoms with Gasteiger partial charge in [-0.2, -0.15) is 13.5 Å². The van der Waals surface area contributed by atoms with Crippen molar-refractivity contribution in [2.45, 2.75) is 18.7 Å². The van der Waals surface area contributed by atoms with Gasteiger partial charge in [0.2, 0.25) is 0 Å². The third-order valence-electron chi connectivity index (χ3n) is 4.28. The summed E-state index contributed by atoms with van der Waals surface area (Å²) in [5.41, 5.74) is 1.70. The molecule has 3 aromatic rings. The number of benzene rings is 3. The lowest BCUT2D eigenvalue weighted by Crippen LogP contribution is -2.18. The van der Waals surface area contributed by atoms with Crippen LogP contribution in [0, 0.1) is 6.92 Å². The molecule has 0 saturated heterocycles. The maximum atomic E-state index is 12.5. The number of esters is 1. The first-order valence-electron chi connectivity index (χ1n) is 9.64. The van der Waals surface area contributed by atoms with E-state index < -0.39 is 16.0 Å². The van der Waals surface area contributed by atoms with Crippen molar-refractivity contribution >= 4 is 38.1 Å². The Morgan fingerprint density at radius 3 is 2.41 bits per heavy atom. The predicted octanol–water partition coefficient (Wildman–Crippen LogP) is 4.69. The van der Waals surface area contributed by atoms with Crippen molar-refractivity contribution in [1.29, 1.82) is 0 Å². The lowest BCUT2D eigenvalue weighted by atomic mass is 10.2. The number of nitrogens with zero attached hydrogens (tertiary/aromatic N) is 1. The third kappa shape index (κ3) is 6.18. The molecule has 0 aliphatic heterocycles. The van der Waals surface area contributed by atoms with Gasteiger partial charge in [0.15, 0.2) is 0 Å². The molecule has 3 rings (SSSR count). The number of aryl methyl sites for hydroxylation is 1. The number of ether oxygens (including phenoxy) is 2.